The van der Waals surface area contributed by atoms with Crippen molar-refractivity contribution in [3.8, 4) is 11.5 Å². The number of benzene rings is 2. The van der Waals surface area contributed by atoms with Crippen molar-refractivity contribution in [1.82, 2.24) is 0 Å². The molecule has 1 unspecified atom stereocenters. The third kappa shape index (κ3) is 3.30. The Hall–Kier alpha value is -1.81. The Morgan fingerprint density at radius 1 is 1.07 bits per heavy atom. The van der Waals surface area contributed by atoms with Gasteiger partial charge in [-0.25, -0.2) is 0 Å². The molecule has 0 spiro atoms. The van der Waals surface area contributed by atoms with E-state index in [0.29, 0.717) is 0 Å². The Bertz CT molecular complexity index is 928. The first-order valence-corrected chi connectivity index (χ1v) is 11.8. The number of hydrogen-bond acceptors (Lipinski definition) is 3. The van der Waals surface area contributed by atoms with E-state index in [9.17, 15) is 0 Å². The normalized spacial score (nSPS) is 21.8. The van der Waals surface area contributed by atoms with Crippen molar-refractivity contribution in [1.29, 1.82) is 0 Å². The summed E-state index contributed by atoms with van der Waals surface area (Å²) in [6.45, 7) is 6.66. The maximum atomic E-state index is 6.58. The zero-order valence-electron chi connectivity index (χ0n) is 17.8. The maximum absolute atomic E-state index is 6.58. The zero-order valence-corrected chi connectivity index (χ0v) is 19.4. The monoisotopic (exact) mass is 455 g/mol. The van der Waals surface area contributed by atoms with E-state index in [1.54, 1.807) is 7.11 Å². The average molecular weight is 456 g/mol. The van der Waals surface area contributed by atoms with E-state index in [1.807, 2.05) is 0 Å². The highest BCUT2D eigenvalue weighted by molar-refractivity contribution is 9.09. The Morgan fingerprint density at radius 3 is 2.38 bits per heavy atom. The lowest BCUT2D eigenvalue weighted by Crippen LogP contribution is -2.37. The van der Waals surface area contributed by atoms with E-state index in [4.69, 9.17) is 14.5 Å². The first kappa shape index (κ1) is 20.5. The summed E-state index contributed by atoms with van der Waals surface area (Å²) >= 11 is 3.76. The molecule has 0 fully saturated rings. The first-order chi connectivity index (χ1) is 14.0. The van der Waals surface area contributed by atoms with Crippen LogP contribution in [-0.2, 0) is 12.8 Å². The molecule has 0 saturated heterocycles. The van der Waals surface area contributed by atoms with E-state index < -0.39 is 0 Å². The van der Waals surface area contributed by atoms with Gasteiger partial charge in [-0.1, -0.05) is 67.0 Å². The average Bonchev–Trinajstić information content (AvgIpc) is 3.18. The van der Waals surface area contributed by atoms with Gasteiger partial charge in [-0.3, -0.25) is 4.99 Å². The third-order valence-electron chi connectivity index (χ3n) is 6.81. The molecule has 2 heterocycles. The highest BCUT2D eigenvalue weighted by Crippen LogP contribution is 2.50. The number of methoxy groups -OCH3 is 1. The van der Waals surface area contributed by atoms with Gasteiger partial charge < -0.3 is 9.47 Å². The first-order valence-electron chi connectivity index (χ1n) is 10.7. The molecule has 4 rings (SSSR count). The topological polar surface area (TPSA) is 30.8 Å². The molecule has 0 aliphatic carbocycles. The highest BCUT2D eigenvalue weighted by atomic mass is 79.9. The molecule has 3 nitrogen and oxygen atoms in total. The van der Waals surface area contributed by atoms with Gasteiger partial charge in [0.05, 0.1) is 18.4 Å². The van der Waals surface area contributed by atoms with Gasteiger partial charge in [0, 0.05) is 28.4 Å². The van der Waals surface area contributed by atoms with Gasteiger partial charge in [-0.2, -0.15) is 0 Å². The fraction of sp³-hybridized carbons (Fsp3) is 0.480. The second kappa shape index (κ2) is 7.79. The number of halogens is 1. The molecule has 0 amide bonds. The van der Waals surface area contributed by atoms with Crippen LogP contribution in [-0.4, -0.2) is 29.3 Å². The molecule has 0 N–H and O–H groups in total. The fourth-order valence-electron chi connectivity index (χ4n) is 4.71. The predicted octanol–water partition coefficient (Wildman–Crippen LogP) is 6.13. The smallest absolute Gasteiger partial charge is 0.166 e. The largest absolute Gasteiger partial charge is 0.493 e. The summed E-state index contributed by atoms with van der Waals surface area (Å²) in [6.07, 6.45) is 4.77. The van der Waals surface area contributed by atoms with Crippen molar-refractivity contribution in [2.45, 2.75) is 64.0 Å². The number of alkyl halides is 1. The molecule has 154 valence electrons. The van der Waals surface area contributed by atoms with Gasteiger partial charge in [-0.15, -0.1) is 0 Å². The van der Waals surface area contributed by atoms with Crippen LogP contribution < -0.4 is 9.47 Å². The van der Waals surface area contributed by atoms with Crippen molar-refractivity contribution >= 4 is 21.6 Å². The molecule has 2 aromatic rings. The summed E-state index contributed by atoms with van der Waals surface area (Å²) in [5, 5.41) is 0.843. The van der Waals surface area contributed by atoms with E-state index in [-0.39, 0.29) is 11.1 Å². The Morgan fingerprint density at radius 2 is 1.79 bits per heavy atom. The van der Waals surface area contributed by atoms with Gasteiger partial charge in [0.25, 0.3) is 0 Å². The second-order valence-corrected chi connectivity index (χ2v) is 8.87. The number of ether oxygens (including phenoxy) is 2. The van der Waals surface area contributed by atoms with Crippen LogP contribution in [0.3, 0.4) is 0 Å². The Labute approximate surface area is 182 Å². The van der Waals surface area contributed by atoms with Gasteiger partial charge in [-0.05, 0) is 37.3 Å². The summed E-state index contributed by atoms with van der Waals surface area (Å²) in [5.74, 6) is 1.78. The number of rotatable bonds is 6. The summed E-state index contributed by atoms with van der Waals surface area (Å²) in [4.78, 5) is 5.37. The minimum Gasteiger partial charge on any atom is -0.493 e. The molecule has 0 radical (unpaired) electrons. The van der Waals surface area contributed by atoms with E-state index in [1.165, 1.54) is 22.3 Å². The van der Waals surface area contributed by atoms with Gasteiger partial charge in [0.15, 0.2) is 11.5 Å². The zero-order chi connectivity index (χ0) is 20.6. The SMILES string of the molecule is CCC1(CBr)Cc2cc(OC)c3c(c2C(c2ccccc2)=N1)CC(CC)(CC)O3. The quantitative estimate of drug-likeness (QED) is 0.490. The van der Waals surface area contributed by atoms with Crippen molar-refractivity contribution < 1.29 is 9.47 Å². The highest BCUT2D eigenvalue weighted by Gasteiger charge is 2.43. The van der Waals surface area contributed by atoms with Crippen LogP contribution in [0.5, 0.6) is 11.5 Å². The molecule has 1 atom stereocenters. The van der Waals surface area contributed by atoms with E-state index >= 15 is 0 Å². The lowest BCUT2D eigenvalue weighted by Gasteiger charge is -2.34. The number of fused-ring (bicyclic) bond motifs is 3. The van der Waals surface area contributed by atoms with Crippen LogP contribution in [0, 0.1) is 0 Å². The van der Waals surface area contributed by atoms with Crippen molar-refractivity contribution in [3.05, 3.63) is 58.7 Å². The van der Waals surface area contributed by atoms with E-state index in [0.717, 1.165) is 54.6 Å². The van der Waals surface area contributed by atoms with Crippen LogP contribution in [0.15, 0.2) is 41.4 Å². The summed E-state index contributed by atoms with van der Waals surface area (Å²) < 4.78 is 12.4. The molecule has 2 aliphatic rings. The van der Waals surface area contributed by atoms with Gasteiger partial charge >= 0.3 is 0 Å². The summed E-state index contributed by atoms with van der Waals surface area (Å²) in [7, 11) is 1.75. The molecular weight excluding hydrogens is 426 g/mol. The molecule has 0 aromatic heterocycles. The standard InChI is InChI=1S/C25H30BrNO2/c1-5-24(16-26)14-18-13-20(28-4)23-19(15-25(6-2,7-3)29-23)21(18)22(27-24)17-11-9-8-10-12-17/h8-13H,5-7,14-16H2,1-4H3. The molecule has 4 heteroatoms. The molecule has 0 bridgehead atoms. The number of aliphatic imine (C=N–C) groups is 1. The third-order valence-corrected chi connectivity index (χ3v) is 7.86. The van der Waals surface area contributed by atoms with Crippen LogP contribution in [0.25, 0.3) is 0 Å². The molecule has 29 heavy (non-hydrogen) atoms. The van der Waals surface area contributed by atoms with Crippen molar-refractivity contribution in [3.63, 3.8) is 0 Å². The van der Waals surface area contributed by atoms with Gasteiger partial charge in [0.1, 0.15) is 5.60 Å². The van der Waals surface area contributed by atoms with Gasteiger partial charge in [0.2, 0.25) is 0 Å². The maximum Gasteiger partial charge on any atom is 0.166 e. The molecule has 0 saturated carbocycles. The summed E-state index contributed by atoms with van der Waals surface area (Å²) in [5.41, 5.74) is 5.84. The molecule has 2 aromatic carbocycles. The Balaban J connectivity index is 1.98. The molecule has 2 aliphatic heterocycles. The Kier molecular flexibility index (Phi) is 5.50. The lowest BCUT2D eigenvalue weighted by atomic mass is 9.78. The predicted molar refractivity (Wildman–Crippen MR) is 123 cm³/mol. The van der Waals surface area contributed by atoms with Crippen LogP contribution in [0.1, 0.15) is 62.3 Å². The minimum absolute atomic E-state index is 0.135. The number of hydrogen-bond donors (Lipinski definition) is 0. The second-order valence-electron chi connectivity index (χ2n) is 8.30. The fourth-order valence-corrected chi connectivity index (χ4v) is 5.43. The van der Waals surface area contributed by atoms with Crippen LogP contribution in [0.4, 0.5) is 0 Å². The van der Waals surface area contributed by atoms with Crippen molar-refractivity contribution in [2.24, 2.45) is 4.99 Å². The van der Waals surface area contributed by atoms with E-state index in [2.05, 4.69) is 73.1 Å². The minimum atomic E-state index is -0.152. The van der Waals surface area contributed by atoms with Crippen molar-refractivity contribution in [2.75, 3.05) is 12.4 Å². The molecular formula is C25H30BrNO2. The number of nitrogens with zero attached hydrogens (tertiary/aromatic N) is 1. The summed E-state index contributed by atoms with van der Waals surface area (Å²) in [6, 6.07) is 12.8. The van der Waals surface area contributed by atoms with Crippen LogP contribution in [0.2, 0.25) is 0 Å². The van der Waals surface area contributed by atoms with Crippen LogP contribution >= 0.6 is 15.9 Å². The lowest BCUT2D eigenvalue weighted by molar-refractivity contribution is 0.0828.